The summed E-state index contributed by atoms with van der Waals surface area (Å²) < 4.78 is 6.08. The molecule has 4 nitrogen and oxygen atoms in total. The van der Waals surface area contributed by atoms with Gasteiger partial charge in [-0.3, -0.25) is 4.79 Å². The molecule has 2 aromatic carbocycles. The Bertz CT molecular complexity index is 827. The van der Waals surface area contributed by atoms with Gasteiger partial charge in [0.15, 0.2) is 0 Å². The lowest BCUT2D eigenvalue weighted by atomic mass is 9.76. The fourth-order valence-corrected chi connectivity index (χ4v) is 5.06. The van der Waals surface area contributed by atoms with Crippen molar-refractivity contribution in [2.45, 2.75) is 55.7 Å². The Morgan fingerprint density at radius 3 is 2.31 bits per heavy atom. The molecule has 3 unspecified atom stereocenters. The molecule has 2 bridgehead atoms. The standard InChI is InChI=1S/C24H28ClNO3/c1-26-20-11-12-21(26)14-22(13-20)29-23(28)24(16-27,18-5-3-2-4-6-18)15-17-7-9-19(25)10-8-17/h2-10,20-22,27H,11-16H2,1H3. The molecule has 3 atom stereocenters. The molecule has 0 amide bonds. The number of hydrogen-bond acceptors (Lipinski definition) is 4. The van der Waals surface area contributed by atoms with Crippen molar-refractivity contribution in [1.82, 2.24) is 4.90 Å². The van der Waals surface area contributed by atoms with E-state index in [1.807, 2.05) is 54.6 Å². The number of carbonyl (C=O) groups excluding carboxylic acids is 1. The molecule has 29 heavy (non-hydrogen) atoms. The van der Waals surface area contributed by atoms with E-state index >= 15 is 0 Å². The number of aliphatic hydroxyl groups is 1. The molecule has 0 spiro atoms. The highest BCUT2D eigenvalue weighted by atomic mass is 35.5. The quantitative estimate of drug-likeness (QED) is 0.728. The second-order valence-electron chi connectivity index (χ2n) is 8.46. The van der Waals surface area contributed by atoms with Crippen LogP contribution in [0.25, 0.3) is 0 Å². The lowest BCUT2D eigenvalue weighted by Gasteiger charge is -2.38. The highest BCUT2D eigenvalue weighted by molar-refractivity contribution is 6.30. The van der Waals surface area contributed by atoms with Gasteiger partial charge in [-0.1, -0.05) is 54.1 Å². The zero-order valence-corrected chi connectivity index (χ0v) is 17.5. The van der Waals surface area contributed by atoms with Crippen LogP contribution in [0, 0.1) is 0 Å². The molecule has 2 aliphatic heterocycles. The van der Waals surface area contributed by atoms with Crippen LogP contribution in [-0.4, -0.2) is 47.8 Å². The third-order valence-corrected chi connectivity index (χ3v) is 6.99. The smallest absolute Gasteiger partial charge is 0.319 e. The maximum Gasteiger partial charge on any atom is 0.319 e. The average molecular weight is 414 g/mol. The van der Waals surface area contributed by atoms with E-state index in [4.69, 9.17) is 16.3 Å². The summed E-state index contributed by atoms with van der Waals surface area (Å²) in [5, 5.41) is 11.1. The first kappa shape index (κ1) is 20.4. The van der Waals surface area contributed by atoms with Crippen molar-refractivity contribution in [3.8, 4) is 0 Å². The van der Waals surface area contributed by atoms with E-state index in [1.54, 1.807) is 0 Å². The van der Waals surface area contributed by atoms with Gasteiger partial charge in [0.25, 0.3) is 0 Å². The minimum Gasteiger partial charge on any atom is -0.462 e. The number of benzene rings is 2. The van der Waals surface area contributed by atoms with Crippen molar-refractivity contribution in [2.75, 3.05) is 13.7 Å². The van der Waals surface area contributed by atoms with Crippen molar-refractivity contribution in [2.24, 2.45) is 0 Å². The molecule has 154 valence electrons. The maximum atomic E-state index is 13.5. The van der Waals surface area contributed by atoms with Gasteiger partial charge in [0.1, 0.15) is 11.5 Å². The van der Waals surface area contributed by atoms with E-state index in [0.717, 1.165) is 24.0 Å². The summed E-state index contributed by atoms with van der Waals surface area (Å²) in [7, 11) is 2.17. The Morgan fingerprint density at radius 1 is 1.10 bits per heavy atom. The van der Waals surface area contributed by atoms with Gasteiger partial charge in [0.2, 0.25) is 0 Å². The van der Waals surface area contributed by atoms with Crippen LogP contribution in [-0.2, 0) is 21.4 Å². The summed E-state index contributed by atoms with van der Waals surface area (Å²) in [5.41, 5.74) is 0.586. The summed E-state index contributed by atoms with van der Waals surface area (Å²) in [6.07, 6.45) is 4.36. The molecule has 0 saturated carbocycles. The first-order valence-corrected chi connectivity index (χ1v) is 10.7. The number of ether oxygens (including phenoxy) is 1. The lowest BCUT2D eigenvalue weighted by Crippen LogP contribution is -2.48. The van der Waals surface area contributed by atoms with E-state index < -0.39 is 5.41 Å². The van der Waals surface area contributed by atoms with Crippen LogP contribution in [0.4, 0.5) is 0 Å². The molecule has 0 radical (unpaired) electrons. The summed E-state index contributed by atoms with van der Waals surface area (Å²) in [6, 6.07) is 17.9. The first-order chi connectivity index (χ1) is 14.0. The molecular weight excluding hydrogens is 386 g/mol. The highest BCUT2D eigenvalue weighted by Gasteiger charge is 2.45. The average Bonchev–Trinajstić information content (AvgIpc) is 2.94. The fourth-order valence-electron chi connectivity index (χ4n) is 4.93. The molecule has 4 rings (SSSR count). The molecule has 2 fully saturated rings. The van der Waals surface area contributed by atoms with Crippen molar-refractivity contribution in [3.63, 3.8) is 0 Å². The van der Waals surface area contributed by atoms with E-state index in [-0.39, 0.29) is 18.7 Å². The Morgan fingerprint density at radius 2 is 1.72 bits per heavy atom. The largest absolute Gasteiger partial charge is 0.462 e. The third-order valence-electron chi connectivity index (χ3n) is 6.73. The van der Waals surface area contributed by atoms with Crippen LogP contribution >= 0.6 is 11.6 Å². The van der Waals surface area contributed by atoms with Crippen molar-refractivity contribution in [1.29, 1.82) is 0 Å². The number of rotatable bonds is 6. The zero-order chi connectivity index (χ0) is 20.4. The second kappa shape index (κ2) is 8.47. The molecule has 2 aromatic rings. The fraction of sp³-hybridized carbons (Fsp3) is 0.458. The van der Waals surface area contributed by atoms with Crippen LogP contribution in [0.15, 0.2) is 54.6 Å². The van der Waals surface area contributed by atoms with Gasteiger partial charge in [-0.2, -0.15) is 0 Å². The molecule has 0 aliphatic carbocycles. The van der Waals surface area contributed by atoms with Gasteiger partial charge in [-0.05, 0) is 62.4 Å². The number of piperidine rings is 1. The van der Waals surface area contributed by atoms with Gasteiger partial charge in [-0.25, -0.2) is 0 Å². The third kappa shape index (κ3) is 4.07. The number of fused-ring (bicyclic) bond motifs is 2. The molecule has 1 N–H and O–H groups in total. The molecule has 0 aromatic heterocycles. The first-order valence-electron chi connectivity index (χ1n) is 10.4. The number of hydrogen-bond donors (Lipinski definition) is 1. The van der Waals surface area contributed by atoms with Crippen molar-refractivity contribution < 1.29 is 14.6 Å². The van der Waals surface area contributed by atoms with E-state index in [2.05, 4.69) is 11.9 Å². The number of esters is 1. The molecule has 2 aliphatic rings. The predicted octanol–water partition coefficient (Wildman–Crippen LogP) is 3.98. The second-order valence-corrected chi connectivity index (χ2v) is 8.90. The van der Waals surface area contributed by atoms with Crippen LogP contribution in [0.2, 0.25) is 5.02 Å². The van der Waals surface area contributed by atoms with Gasteiger partial charge < -0.3 is 14.7 Å². The lowest BCUT2D eigenvalue weighted by molar-refractivity contribution is -0.161. The Labute approximate surface area is 177 Å². The zero-order valence-electron chi connectivity index (χ0n) is 16.8. The molecule has 2 heterocycles. The summed E-state index contributed by atoms with van der Waals surface area (Å²) >= 11 is 6.03. The number of nitrogens with zero attached hydrogens (tertiary/aromatic N) is 1. The Hall–Kier alpha value is -1.88. The van der Waals surface area contributed by atoms with Gasteiger partial charge in [-0.15, -0.1) is 0 Å². The SMILES string of the molecule is CN1C2CCC1CC(OC(=O)C(CO)(Cc1ccc(Cl)cc1)c1ccccc1)C2. The Kier molecular flexibility index (Phi) is 5.95. The van der Waals surface area contributed by atoms with Crippen LogP contribution in [0.3, 0.4) is 0 Å². The van der Waals surface area contributed by atoms with Gasteiger partial charge in [0, 0.05) is 17.1 Å². The van der Waals surface area contributed by atoms with E-state index in [9.17, 15) is 9.90 Å². The van der Waals surface area contributed by atoms with Crippen LogP contribution in [0.5, 0.6) is 0 Å². The van der Waals surface area contributed by atoms with E-state index in [0.29, 0.717) is 23.5 Å². The number of halogens is 1. The van der Waals surface area contributed by atoms with Crippen molar-refractivity contribution >= 4 is 17.6 Å². The van der Waals surface area contributed by atoms with E-state index in [1.165, 1.54) is 12.8 Å². The van der Waals surface area contributed by atoms with Crippen molar-refractivity contribution in [3.05, 3.63) is 70.7 Å². The van der Waals surface area contributed by atoms with Gasteiger partial charge >= 0.3 is 5.97 Å². The highest BCUT2D eigenvalue weighted by Crippen LogP contribution is 2.37. The minimum atomic E-state index is -1.13. The van der Waals surface area contributed by atoms with Gasteiger partial charge in [0.05, 0.1) is 6.61 Å². The number of aliphatic hydroxyl groups excluding tert-OH is 1. The minimum absolute atomic E-state index is 0.0870. The van der Waals surface area contributed by atoms with Crippen LogP contribution in [0.1, 0.15) is 36.8 Å². The summed E-state index contributed by atoms with van der Waals surface area (Å²) in [4.78, 5) is 16.0. The normalized spacial score (nSPS) is 26.1. The van der Waals surface area contributed by atoms with Crippen LogP contribution < -0.4 is 0 Å². The Balaban J connectivity index is 1.60. The monoisotopic (exact) mass is 413 g/mol. The number of carbonyl (C=O) groups is 1. The molecule has 5 heteroatoms. The topological polar surface area (TPSA) is 49.8 Å². The predicted molar refractivity (Wildman–Crippen MR) is 114 cm³/mol. The summed E-state index contributed by atoms with van der Waals surface area (Å²) in [6.45, 7) is -0.308. The summed E-state index contributed by atoms with van der Waals surface area (Å²) in [5.74, 6) is -0.338. The molecule has 2 saturated heterocycles. The maximum absolute atomic E-state index is 13.5. The molecular formula is C24H28ClNO3.